The van der Waals surface area contributed by atoms with Crippen LogP contribution in [0.1, 0.15) is 63.5 Å². The summed E-state index contributed by atoms with van der Waals surface area (Å²) in [7, 11) is 4.17. The number of hydrogen-bond acceptors (Lipinski definition) is 8. The third-order valence-electron chi connectivity index (χ3n) is 8.15. The number of likely N-dealkylation sites (tertiary alicyclic amines) is 1. The van der Waals surface area contributed by atoms with E-state index in [1.165, 1.54) is 11.0 Å². The first-order valence-corrected chi connectivity index (χ1v) is 15.5. The van der Waals surface area contributed by atoms with Crippen molar-refractivity contribution in [2.45, 2.75) is 71.1 Å². The van der Waals surface area contributed by atoms with Crippen molar-refractivity contribution in [2.24, 2.45) is 0 Å². The van der Waals surface area contributed by atoms with Gasteiger partial charge in [0.15, 0.2) is 17.4 Å². The van der Waals surface area contributed by atoms with E-state index in [1.54, 1.807) is 13.8 Å². The summed E-state index contributed by atoms with van der Waals surface area (Å²) >= 11 is 0. The molecule has 2 aliphatic rings. The van der Waals surface area contributed by atoms with Gasteiger partial charge in [0.05, 0.1) is 30.1 Å². The van der Waals surface area contributed by atoms with Crippen LogP contribution in [0.4, 0.5) is 23.2 Å². The molecule has 0 atom stereocenters. The molecule has 0 radical (unpaired) electrons. The highest BCUT2D eigenvalue weighted by molar-refractivity contribution is 5.72. The summed E-state index contributed by atoms with van der Waals surface area (Å²) in [5.74, 6) is -1.17. The highest BCUT2D eigenvalue weighted by Gasteiger charge is 2.43. The number of aromatic nitrogens is 3. The summed E-state index contributed by atoms with van der Waals surface area (Å²) in [6.45, 7) is 10.7. The molecule has 0 aliphatic carbocycles. The van der Waals surface area contributed by atoms with Crippen LogP contribution in [0.5, 0.6) is 11.6 Å². The molecule has 2 aromatic heterocycles. The van der Waals surface area contributed by atoms with Gasteiger partial charge >= 0.3 is 6.11 Å². The Bertz CT molecular complexity index is 1490. The van der Waals surface area contributed by atoms with Crippen molar-refractivity contribution in [3.63, 3.8) is 0 Å². The van der Waals surface area contributed by atoms with Crippen molar-refractivity contribution in [2.75, 3.05) is 51.7 Å². The Labute approximate surface area is 262 Å². The Morgan fingerprint density at radius 1 is 1.04 bits per heavy atom. The number of pyridine rings is 1. The van der Waals surface area contributed by atoms with Gasteiger partial charge < -0.3 is 24.2 Å². The van der Waals surface area contributed by atoms with Gasteiger partial charge in [-0.2, -0.15) is 8.78 Å². The zero-order chi connectivity index (χ0) is 32.5. The first-order valence-electron chi connectivity index (χ1n) is 15.5. The molecule has 1 fully saturated rings. The summed E-state index contributed by atoms with van der Waals surface area (Å²) in [6.07, 6.45) is -0.385. The van der Waals surface area contributed by atoms with Crippen LogP contribution in [-0.4, -0.2) is 89.8 Å². The number of benzene rings is 1. The molecule has 1 saturated heterocycles. The van der Waals surface area contributed by atoms with Gasteiger partial charge in [0, 0.05) is 30.3 Å². The van der Waals surface area contributed by atoms with Gasteiger partial charge in [0.25, 0.3) is 0 Å². The van der Waals surface area contributed by atoms with E-state index in [4.69, 9.17) is 9.72 Å². The van der Waals surface area contributed by atoms with Crippen LogP contribution in [0.2, 0.25) is 0 Å². The summed E-state index contributed by atoms with van der Waals surface area (Å²) in [4.78, 5) is 19.4. The van der Waals surface area contributed by atoms with Crippen molar-refractivity contribution in [3.8, 4) is 22.9 Å². The van der Waals surface area contributed by atoms with Crippen molar-refractivity contribution in [3.05, 3.63) is 59.2 Å². The van der Waals surface area contributed by atoms with E-state index < -0.39 is 30.0 Å². The first-order chi connectivity index (χ1) is 21.3. The monoisotopic (exact) mass is 630 g/mol. The van der Waals surface area contributed by atoms with Crippen molar-refractivity contribution in [1.29, 1.82) is 0 Å². The molecule has 5 rings (SSSR count). The third-order valence-corrected chi connectivity index (χ3v) is 8.15. The van der Waals surface area contributed by atoms with E-state index in [-0.39, 0.29) is 41.3 Å². The molecule has 0 saturated carbocycles. The maximum absolute atomic E-state index is 15.1. The zero-order valence-corrected chi connectivity index (χ0v) is 26.8. The SMILES string of the molecule is CC(C)Oc1nc(Cc2ncc(F)c(-c3cc(F)c4c(c3)N(C(C)C)CC(F)(F)O4)n2)ccc1C1CCN(CCN(C)C)CC1. The molecule has 0 spiro atoms. The maximum atomic E-state index is 15.1. The number of rotatable bonds is 10. The summed E-state index contributed by atoms with van der Waals surface area (Å²) < 4.78 is 69.4. The van der Waals surface area contributed by atoms with E-state index in [2.05, 4.69) is 44.7 Å². The number of alkyl halides is 2. The molecule has 0 bridgehead atoms. The number of anilines is 1. The second-order valence-electron chi connectivity index (χ2n) is 12.7. The van der Waals surface area contributed by atoms with Crippen LogP contribution in [0.15, 0.2) is 30.5 Å². The number of ether oxygens (including phenoxy) is 2. The van der Waals surface area contributed by atoms with E-state index in [1.807, 2.05) is 19.9 Å². The predicted octanol–water partition coefficient (Wildman–Crippen LogP) is 6.14. The highest BCUT2D eigenvalue weighted by atomic mass is 19.3. The number of nitrogens with zero attached hydrogens (tertiary/aromatic N) is 6. The first kappa shape index (κ1) is 32.9. The van der Waals surface area contributed by atoms with Crippen LogP contribution in [0, 0.1) is 11.6 Å². The summed E-state index contributed by atoms with van der Waals surface area (Å²) in [5, 5.41) is 0. The van der Waals surface area contributed by atoms with E-state index >= 15 is 8.78 Å². The Morgan fingerprint density at radius 2 is 1.78 bits per heavy atom. The standard InChI is InChI=1S/C33H42F4N6O2/c1-20(2)43-19-33(36,37)45-31-26(34)15-23(16-28(31)43)30-27(35)18-38-29(40-30)17-24-7-8-25(32(39-24)44-21(3)4)22-9-11-42(12-10-22)14-13-41(5)6/h7-8,15-16,18,20-22H,9-14,17,19H2,1-6H3. The van der Waals surface area contributed by atoms with E-state index in [0.29, 0.717) is 17.5 Å². The number of piperidine rings is 1. The molecule has 244 valence electrons. The predicted molar refractivity (Wildman–Crippen MR) is 165 cm³/mol. The average Bonchev–Trinajstić information content (AvgIpc) is 2.97. The van der Waals surface area contributed by atoms with Crippen LogP contribution < -0.4 is 14.4 Å². The number of hydrogen-bond donors (Lipinski definition) is 0. The molecular formula is C33H42F4N6O2. The minimum absolute atomic E-state index is 0.0754. The number of likely N-dealkylation sites (N-methyl/N-ethyl adjacent to an activating group) is 1. The second-order valence-corrected chi connectivity index (χ2v) is 12.7. The lowest BCUT2D eigenvalue weighted by Crippen LogP contribution is -2.48. The molecule has 12 heteroatoms. The van der Waals surface area contributed by atoms with Gasteiger partial charge in [-0.1, -0.05) is 6.07 Å². The van der Waals surface area contributed by atoms with Gasteiger partial charge in [-0.3, -0.25) is 0 Å². The fourth-order valence-corrected chi connectivity index (χ4v) is 5.83. The number of fused-ring (bicyclic) bond motifs is 1. The minimum Gasteiger partial charge on any atom is -0.475 e. The van der Waals surface area contributed by atoms with Gasteiger partial charge in [-0.15, -0.1) is 0 Å². The summed E-state index contributed by atoms with van der Waals surface area (Å²) in [6, 6.07) is 5.98. The van der Waals surface area contributed by atoms with Crippen LogP contribution in [0.3, 0.4) is 0 Å². The number of halogens is 4. The molecule has 0 N–H and O–H groups in total. The largest absolute Gasteiger partial charge is 0.475 e. The van der Waals surface area contributed by atoms with Crippen LogP contribution in [0.25, 0.3) is 11.3 Å². The molecule has 0 unspecified atom stereocenters. The average molecular weight is 631 g/mol. The van der Waals surface area contributed by atoms with Crippen LogP contribution in [-0.2, 0) is 6.42 Å². The zero-order valence-electron chi connectivity index (χ0n) is 26.8. The smallest absolute Gasteiger partial charge is 0.416 e. The molecule has 45 heavy (non-hydrogen) atoms. The quantitative estimate of drug-likeness (QED) is 0.248. The van der Waals surface area contributed by atoms with Crippen molar-refractivity contribution < 1.29 is 27.0 Å². The minimum atomic E-state index is -3.56. The van der Waals surface area contributed by atoms with E-state index in [0.717, 1.165) is 56.8 Å². The Kier molecular flexibility index (Phi) is 9.83. The fraction of sp³-hybridized carbons (Fsp3) is 0.545. The molecule has 4 heterocycles. The van der Waals surface area contributed by atoms with E-state index in [9.17, 15) is 8.78 Å². The lowest BCUT2D eigenvalue weighted by Gasteiger charge is -2.38. The fourth-order valence-electron chi connectivity index (χ4n) is 5.83. The molecule has 2 aliphatic heterocycles. The Hall–Kier alpha value is -3.51. The summed E-state index contributed by atoms with van der Waals surface area (Å²) in [5.41, 5.74) is 1.79. The maximum Gasteiger partial charge on any atom is 0.416 e. The molecule has 1 aromatic carbocycles. The highest BCUT2D eigenvalue weighted by Crippen LogP contribution is 2.44. The van der Waals surface area contributed by atoms with Crippen molar-refractivity contribution >= 4 is 5.69 Å². The van der Waals surface area contributed by atoms with Gasteiger partial charge in [0.2, 0.25) is 5.88 Å². The molecule has 8 nitrogen and oxygen atoms in total. The lowest BCUT2D eigenvalue weighted by atomic mass is 9.89. The van der Waals surface area contributed by atoms with Gasteiger partial charge in [-0.25, -0.2) is 23.7 Å². The Morgan fingerprint density at radius 3 is 2.44 bits per heavy atom. The normalized spacial score (nSPS) is 17.2. The van der Waals surface area contributed by atoms with Crippen molar-refractivity contribution in [1.82, 2.24) is 24.8 Å². The van der Waals surface area contributed by atoms with Gasteiger partial charge in [-0.05, 0) is 91.8 Å². The molecule has 0 amide bonds. The van der Waals surface area contributed by atoms with Gasteiger partial charge in [0.1, 0.15) is 18.1 Å². The third kappa shape index (κ3) is 7.84. The molecule has 3 aromatic rings. The Balaban J connectivity index is 1.39. The van der Waals surface area contributed by atoms with Crippen LogP contribution >= 0.6 is 0 Å². The topological polar surface area (TPSA) is 66.9 Å². The lowest BCUT2D eigenvalue weighted by molar-refractivity contribution is -0.174. The second kappa shape index (κ2) is 13.5. The molecular weight excluding hydrogens is 588 g/mol.